The molecule has 11 nitrogen and oxygen atoms in total. The number of aromatic amines is 1. The predicted molar refractivity (Wildman–Crippen MR) is 109 cm³/mol. The number of imidazole rings is 1. The van der Waals surface area contributed by atoms with E-state index in [0.717, 1.165) is 5.56 Å². The standard InChI is InChI=1S/C20H25N5O6/c21-14(6-7-17(26)27)18(28)24-15(9-13-10-22-11-23-13)19(29)25-16(20(30)31)8-12-4-2-1-3-5-12/h1-5,10-11,14-16H,6-9,21H2,(H,22,23)(H,24,28)(H,25,29)(H,26,27)(H,30,31). The van der Waals surface area contributed by atoms with Crippen LogP contribution in [-0.2, 0) is 32.0 Å². The number of carbonyl (C=O) groups is 4. The number of nitrogens with one attached hydrogen (secondary N) is 3. The quantitative estimate of drug-likeness (QED) is 0.258. The van der Waals surface area contributed by atoms with Crippen LogP contribution in [0.15, 0.2) is 42.9 Å². The van der Waals surface area contributed by atoms with Crippen LogP contribution in [0.5, 0.6) is 0 Å². The second kappa shape index (κ2) is 11.5. The van der Waals surface area contributed by atoms with Gasteiger partial charge >= 0.3 is 11.9 Å². The lowest BCUT2D eigenvalue weighted by atomic mass is 10.0. The topological polar surface area (TPSA) is 188 Å². The van der Waals surface area contributed by atoms with Gasteiger partial charge in [-0.05, 0) is 12.0 Å². The van der Waals surface area contributed by atoms with Crippen molar-refractivity contribution in [2.24, 2.45) is 5.73 Å². The van der Waals surface area contributed by atoms with Crippen LogP contribution in [0.2, 0.25) is 0 Å². The number of nitrogens with zero attached hydrogens (tertiary/aromatic N) is 1. The molecule has 0 fully saturated rings. The smallest absolute Gasteiger partial charge is 0.326 e. The summed E-state index contributed by atoms with van der Waals surface area (Å²) in [5.41, 5.74) is 6.98. The molecule has 31 heavy (non-hydrogen) atoms. The molecule has 3 atom stereocenters. The third kappa shape index (κ3) is 7.90. The summed E-state index contributed by atoms with van der Waals surface area (Å²) in [6.07, 6.45) is 2.54. The van der Waals surface area contributed by atoms with Gasteiger partial charge in [0.15, 0.2) is 0 Å². The number of nitrogens with two attached hydrogens (primary N) is 1. The Morgan fingerprint density at radius 1 is 1.00 bits per heavy atom. The Morgan fingerprint density at radius 3 is 2.26 bits per heavy atom. The first-order valence-corrected chi connectivity index (χ1v) is 9.58. The third-order valence-electron chi connectivity index (χ3n) is 4.52. The van der Waals surface area contributed by atoms with E-state index in [2.05, 4.69) is 20.6 Å². The molecule has 2 aromatic rings. The van der Waals surface area contributed by atoms with Gasteiger partial charge in [0.05, 0.1) is 12.4 Å². The number of benzene rings is 1. The molecule has 3 unspecified atom stereocenters. The molecule has 0 saturated carbocycles. The van der Waals surface area contributed by atoms with Gasteiger partial charge in [0, 0.05) is 31.2 Å². The molecule has 0 aliphatic carbocycles. The first kappa shape index (κ1) is 23.5. The van der Waals surface area contributed by atoms with Gasteiger partial charge in [-0.15, -0.1) is 0 Å². The van der Waals surface area contributed by atoms with Gasteiger partial charge in [0.1, 0.15) is 12.1 Å². The van der Waals surface area contributed by atoms with Crippen LogP contribution in [0.1, 0.15) is 24.1 Å². The van der Waals surface area contributed by atoms with E-state index >= 15 is 0 Å². The monoisotopic (exact) mass is 431 g/mol. The summed E-state index contributed by atoms with van der Waals surface area (Å²) in [4.78, 5) is 54.2. The third-order valence-corrected chi connectivity index (χ3v) is 4.52. The summed E-state index contributed by atoms with van der Waals surface area (Å²) < 4.78 is 0. The zero-order valence-corrected chi connectivity index (χ0v) is 16.7. The van der Waals surface area contributed by atoms with Crippen LogP contribution in [0.4, 0.5) is 0 Å². The van der Waals surface area contributed by atoms with E-state index in [1.807, 2.05) is 0 Å². The Kier molecular flexibility index (Phi) is 8.70. The second-order valence-electron chi connectivity index (χ2n) is 6.97. The van der Waals surface area contributed by atoms with Crippen molar-refractivity contribution in [3.8, 4) is 0 Å². The van der Waals surface area contributed by atoms with Gasteiger partial charge in [0.25, 0.3) is 0 Å². The first-order chi connectivity index (χ1) is 14.8. The molecule has 0 saturated heterocycles. The fraction of sp³-hybridized carbons (Fsp3) is 0.350. The maximum Gasteiger partial charge on any atom is 0.326 e. The molecule has 0 aliphatic heterocycles. The average molecular weight is 431 g/mol. The lowest BCUT2D eigenvalue weighted by Crippen LogP contribution is -2.55. The van der Waals surface area contributed by atoms with Crippen molar-refractivity contribution in [1.29, 1.82) is 0 Å². The molecule has 2 rings (SSSR count). The highest BCUT2D eigenvalue weighted by atomic mass is 16.4. The highest BCUT2D eigenvalue weighted by molar-refractivity contribution is 5.92. The van der Waals surface area contributed by atoms with E-state index in [0.29, 0.717) is 5.69 Å². The zero-order valence-electron chi connectivity index (χ0n) is 16.7. The summed E-state index contributed by atoms with van der Waals surface area (Å²) in [5.74, 6) is -3.74. The molecule has 1 aromatic carbocycles. The Morgan fingerprint density at radius 2 is 1.68 bits per heavy atom. The van der Waals surface area contributed by atoms with Crippen molar-refractivity contribution < 1.29 is 29.4 Å². The van der Waals surface area contributed by atoms with Crippen LogP contribution < -0.4 is 16.4 Å². The Bertz CT molecular complexity index is 887. The predicted octanol–water partition coefficient (Wildman–Crippen LogP) is -0.559. The Balaban J connectivity index is 2.09. The second-order valence-corrected chi connectivity index (χ2v) is 6.97. The fourth-order valence-corrected chi connectivity index (χ4v) is 2.84. The number of H-pyrrole nitrogens is 1. The van der Waals surface area contributed by atoms with E-state index in [1.165, 1.54) is 12.5 Å². The lowest BCUT2D eigenvalue weighted by molar-refractivity contribution is -0.142. The highest BCUT2D eigenvalue weighted by Gasteiger charge is 2.28. The Labute approximate surface area is 178 Å². The van der Waals surface area contributed by atoms with Gasteiger partial charge in [-0.1, -0.05) is 30.3 Å². The van der Waals surface area contributed by atoms with Gasteiger partial charge in [-0.2, -0.15) is 0 Å². The van der Waals surface area contributed by atoms with Crippen LogP contribution in [0.25, 0.3) is 0 Å². The lowest BCUT2D eigenvalue weighted by Gasteiger charge is -2.22. The summed E-state index contributed by atoms with van der Waals surface area (Å²) >= 11 is 0. The van der Waals surface area contributed by atoms with Crippen molar-refractivity contribution >= 4 is 23.8 Å². The van der Waals surface area contributed by atoms with Crippen molar-refractivity contribution in [3.63, 3.8) is 0 Å². The number of rotatable bonds is 12. The van der Waals surface area contributed by atoms with Crippen LogP contribution >= 0.6 is 0 Å². The van der Waals surface area contributed by atoms with Crippen LogP contribution in [0.3, 0.4) is 0 Å². The minimum absolute atomic E-state index is 0.0148. The maximum atomic E-state index is 12.8. The first-order valence-electron chi connectivity index (χ1n) is 9.58. The minimum atomic E-state index is -1.22. The molecule has 7 N–H and O–H groups in total. The van der Waals surface area contributed by atoms with Gasteiger partial charge < -0.3 is 31.6 Å². The molecule has 1 heterocycles. The van der Waals surface area contributed by atoms with Crippen molar-refractivity contribution in [1.82, 2.24) is 20.6 Å². The maximum absolute atomic E-state index is 12.8. The number of aromatic nitrogens is 2. The number of hydrogen-bond donors (Lipinski definition) is 6. The molecule has 0 bridgehead atoms. The molecule has 166 valence electrons. The molecule has 11 heteroatoms. The summed E-state index contributed by atoms with van der Waals surface area (Å²) in [6.45, 7) is 0. The van der Waals surface area contributed by atoms with Crippen molar-refractivity contribution in [3.05, 3.63) is 54.1 Å². The molecule has 0 spiro atoms. The van der Waals surface area contributed by atoms with E-state index in [1.54, 1.807) is 30.3 Å². The fourth-order valence-electron chi connectivity index (χ4n) is 2.84. The van der Waals surface area contributed by atoms with Crippen molar-refractivity contribution in [2.45, 2.75) is 43.8 Å². The van der Waals surface area contributed by atoms with Gasteiger partial charge in [-0.3, -0.25) is 14.4 Å². The molecule has 0 radical (unpaired) electrons. The summed E-state index contributed by atoms with van der Waals surface area (Å²) in [6, 6.07) is 5.32. The molecular formula is C20H25N5O6. The van der Waals surface area contributed by atoms with E-state index in [-0.39, 0.29) is 25.7 Å². The molecule has 0 aliphatic rings. The number of carboxylic acid groups (broad SMARTS) is 2. The van der Waals surface area contributed by atoms with E-state index < -0.39 is 41.9 Å². The normalized spacial score (nSPS) is 13.6. The van der Waals surface area contributed by atoms with Crippen molar-refractivity contribution in [2.75, 3.05) is 0 Å². The van der Waals surface area contributed by atoms with Gasteiger partial charge in [-0.25, -0.2) is 9.78 Å². The van der Waals surface area contributed by atoms with Crippen LogP contribution in [0, 0.1) is 0 Å². The number of aliphatic carboxylic acids is 2. The van der Waals surface area contributed by atoms with Gasteiger partial charge in [0.2, 0.25) is 11.8 Å². The zero-order chi connectivity index (χ0) is 22.8. The largest absolute Gasteiger partial charge is 0.481 e. The minimum Gasteiger partial charge on any atom is -0.481 e. The summed E-state index contributed by atoms with van der Waals surface area (Å²) in [5, 5.41) is 23.2. The number of carboxylic acids is 2. The SMILES string of the molecule is NC(CCC(=O)O)C(=O)NC(Cc1cnc[nH]1)C(=O)NC(Cc1ccccc1)C(=O)O. The molecule has 2 amide bonds. The Hall–Kier alpha value is -3.73. The van der Waals surface area contributed by atoms with Crippen LogP contribution in [-0.4, -0.2) is 62.1 Å². The number of hydrogen-bond acceptors (Lipinski definition) is 6. The number of amides is 2. The molecular weight excluding hydrogens is 406 g/mol. The van der Waals surface area contributed by atoms with E-state index in [4.69, 9.17) is 10.8 Å². The van der Waals surface area contributed by atoms with E-state index in [9.17, 15) is 24.3 Å². The number of carbonyl (C=O) groups excluding carboxylic acids is 2. The summed E-state index contributed by atoms with van der Waals surface area (Å²) in [7, 11) is 0. The highest BCUT2D eigenvalue weighted by Crippen LogP contribution is 2.06. The molecule has 1 aromatic heterocycles. The average Bonchev–Trinajstić information content (AvgIpc) is 3.24.